The molecule has 0 aliphatic rings. The van der Waals surface area contributed by atoms with Crippen molar-refractivity contribution >= 4 is 17.3 Å². The summed E-state index contributed by atoms with van der Waals surface area (Å²) >= 11 is 0. The van der Waals surface area contributed by atoms with E-state index >= 15 is 0 Å². The van der Waals surface area contributed by atoms with Gasteiger partial charge in [-0.15, -0.1) is 0 Å². The lowest BCUT2D eigenvalue weighted by Crippen LogP contribution is -2.23. The van der Waals surface area contributed by atoms with Crippen molar-refractivity contribution in [1.82, 2.24) is 10.3 Å². The Labute approximate surface area is 159 Å². The van der Waals surface area contributed by atoms with Crippen LogP contribution in [0.3, 0.4) is 0 Å². The maximum Gasteiger partial charge on any atom is 0.270 e. The molecule has 0 aliphatic carbocycles. The molecular formula is C22H23N3O2. The number of nitrogens with zero attached hydrogens (tertiary/aromatic N) is 1. The van der Waals surface area contributed by atoms with E-state index < -0.39 is 0 Å². The summed E-state index contributed by atoms with van der Waals surface area (Å²) in [5.41, 5.74) is 4.22. The summed E-state index contributed by atoms with van der Waals surface area (Å²) in [6.45, 7) is 5.03. The molecule has 0 fully saturated rings. The first-order chi connectivity index (χ1) is 13.2. The largest absolute Gasteiger partial charge is 0.492 e. The fourth-order valence-electron chi connectivity index (χ4n) is 2.62. The van der Waals surface area contributed by atoms with Gasteiger partial charge in [-0.2, -0.15) is 0 Å². The third-order valence-corrected chi connectivity index (χ3v) is 4.03. The number of aryl methyl sites for hydroxylation is 1. The molecule has 5 nitrogen and oxygen atoms in total. The van der Waals surface area contributed by atoms with Crippen molar-refractivity contribution in [3.8, 4) is 5.75 Å². The average molecular weight is 361 g/mol. The fraction of sp³-hybridized carbons (Fsp3) is 0.182. The Morgan fingerprint density at radius 1 is 1.07 bits per heavy atom. The van der Waals surface area contributed by atoms with E-state index in [-0.39, 0.29) is 5.91 Å². The monoisotopic (exact) mass is 361 g/mol. The normalized spacial score (nSPS) is 10.3. The van der Waals surface area contributed by atoms with Gasteiger partial charge >= 0.3 is 0 Å². The van der Waals surface area contributed by atoms with Gasteiger partial charge in [0.2, 0.25) is 0 Å². The summed E-state index contributed by atoms with van der Waals surface area (Å²) in [4.78, 5) is 16.6. The molecule has 0 aliphatic heterocycles. The van der Waals surface area contributed by atoms with Crippen molar-refractivity contribution in [2.24, 2.45) is 0 Å². The van der Waals surface area contributed by atoms with Crippen LogP contribution in [-0.2, 0) is 6.54 Å². The molecule has 0 saturated carbocycles. The van der Waals surface area contributed by atoms with E-state index in [1.54, 1.807) is 12.3 Å². The number of hydrogen-bond acceptors (Lipinski definition) is 4. The van der Waals surface area contributed by atoms with Gasteiger partial charge in [-0.3, -0.25) is 9.78 Å². The summed E-state index contributed by atoms with van der Waals surface area (Å²) in [6, 6.07) is 19.3. The number of rotatable bonds is 7. The van der Waals surface area contributed by atoms with E-state index in [4.69, 9.17) is 4.74 Å². The first-order valence-electron chi connectivity index (χ1n) is 8.94. The van der Waals surface area contributed by atoms with Crippen molar-refractivity contribution < 1.29 is 9.53 Å². The van der Waals surface area contributed by atoms with Crippen molar-refractivity contribution in [1.29, 1.82) is 0 Å². The third-order valence-electron chi connectivity index (χ3n) is 4.03. The summed E-state index contributed by atoms with van der Waals surface area (Å²) in [5.74, 6) is 0.555. The minimum absolute atomic E-state index is 0.211. The predicted octanol–water partition coefficient (Wildman–Crippen LogP) is 4.46. The van der Waals surface area contributed by atoms with Gasteiger partial charge in [0.1, 0.15) is 11.4 Å². The molecule has 27 heavy (non-hydrogen) atoms. The van der Waals surface area contributed by atoms with Gasteiger partial charge in [-0.25, -0.2) is 0 Å². The molecule has 0 atom stereocenters. The molecule has 0 saturated heterocycles. The van der Waals surface area contributed by atoms with Gasteiger partial charge in [0, 0.05) is 18.4 Å². The molecule has 138 valence electrons. The highest BCUT2D eigenvalue weighted by Gasteiger charge is 2.09. The topological polar surface area (TPSA) is 63.2 Å². The summed E-state index contributed by atoms with van der Waals surface area (Å²) < 4.78 is 5.63. The van der Waals surface area contributed by atoms with Gasteiger partial charge in [-0.1, -0.05) is 42.0 Å². The van der Waals surface area contributed by atoms with E-state index in [1.807, 2.05) is 68.4 Å². The Morgan fingerprint density at radius 2 is 1.85 bits per heavy atom. The Balaban J connectivity index is 1.68. The third kappa shape index (κ3) is 5.07. The highest BCUT2D eigenvalue weighted by molar-refractivity contribution is 5.93. The minimum Gasteiger partial charge on any atom is -0.492 e. The van der Waals surface area contributed by atoms with Crippen LogP contribution in [0.4, 0.5) is 11.4 Å². The smallest absolute Gasteiger partial charge is 0.270 e. The molecule has 0 bridgehead atoms. The van der Waals surface area contributed by atoms with Gasteiger partial charge in [0.15, 0.2) is 0 Å². The van der Waals surface area contributed by atoms with Crippen LogP contribution in [0, 0.1) is 6.92 Å². The quantitative estimate of drug-likeness (QED) is 0.652. The highest BCUT2D eigenvalue weighted by atomic mass is 16.5. The van der Waals surface area contributed by atoms with Crippen LogP contribution >= 0.6 is 0 Å². The Morgan fingerprint density at radius 3 is 2.63 bits per heavy atom. The average Bonchev–Trinajstić information content (AvgIpc) is 2.69. The molecule has 0 radical (unpaired) electrons. The van der Waals surface area contributed by atoms with E-state index in [0.717, 1.165) is 22.7 Å². The molecule has 1 amide bonds. The minimum atomic E-state index is -0.211. The number of para-hydroxylation sites is 2. The van der Waals surface area contributed by atoms with Crippen LogP contribution < -0.4 is 15.4 Å². The summed E-state index contributed by atoms with van der Waals surface area (Å²) in [6.07, 6.45) is 1.62. The lowest BCUT2D eigenvalue weighted by atomic mass is 10.1. The number of carbonyl (C=O) groups excluding carboxylic acids is 1. The Bertz CT molecular complexity index is 907. The Kier molecular flexibility index (Phi) is 6.05. The molecule has 1 heterocycles. The number of anilines is 2. The van der Waals surface area contributed by atoms with Crippen molar-refractivity contribution in [2.45, 2.75) is 20.4 Å². The number of hydrogen-bond donors (Lipinski definition) is 2. The van der Waals surface area contributed by atoms with Gasteiger partial charge < -0.3 is 15.4 Å². The predicted molar refractivity (Wildman–Crippen MR) is 107 cm³/mol. The zero-order valence-corrected chi connectivity index (χ0v) is 15.5. The second kappa shape index (κ2) is 8.85. The number of nitrogens with one attached hydrogen (secondary N) is 2. The maximum atomic E-state index is 12.4. The van der Waals surface area contributed by atoms with Crippen LogP contribution in [0.1, 0.15) is 28.5 Å². The van der Waals surface area contributed by atoms with E-state index in [0.29, 0.717) is 18.8 Å². The summed E-state index contributed by atoms with van der Waals surface area (Å²) in [7, 11) is 0. The molecule has 5 heteroatoms. The molecule has 3 rings (SSSR count). The van der Waals surface area contributed by atoms with E-state index in [1.165, 1.54) is 5.56 Å². The zero-order chi connectivity index (χ0) is 19.1. The molecule has 0 spiro atoms. The van der Waals surface area contributed by atoms with Crippen LogP contribution in [-0.4, -0.2) is 17.5 Å². The van der Waals surface area contributed by atoms with Crippen LogP contribution in [0.5, 0.6) is 5.75 Å². The summed E-state index contributed by atoms with van der Waals surface area (Å²) in [5, 5.41) is 6.19. The SMILES string of the molecule is CCOc1ccccc1Nc1ccnc(C(=O)NCc2ccc(C)cc2)c1. The van der Waals surface area contributed by atoms with Crippen LogP contribution in [0.2, 0.25) is 0 Å². The van der Waals surface area contributed by atoms with E-state index in [2.05, 4.69) is 15.6 Å². The van der Waals surface area contributed by atoms with E-state index in [9.17, 15) is 4.79 Å². The van der Waals surface area contributed by atoms with Crippen molar-refractivity contribution in [3.05, 3.63) is 83.7 Å². The van der Waals surface area contributed by atoms with Crippen LogP contribution in [0.25, 0.3) is 0 Å². The lowest BCUT2D eigenvalue weighted by Gasteiger charge is -2.12. The number of amides is 1. The lowest BCUT2D eigenvalue weighted by molar-refractivity contribution is 0.0946. The second-order valence-corrected chi connectivity index (χ2v) is 6.15. The Hall–Kier alpha value is -3.34. The number of aromatic nitrogens is 1. The van der Waals surface area contributed by atoms with Crippen molar-refractivity contribution in [3.63, 3.8) is 0 Å². The molecule has 1 aromatic heterocycles. The van der Waals surface area contributed by atoms with Gasteiger partial charge in [0.25, 0.3) is 5.91 Å². The first-order valence-corrected chi connectivity index (χ1v) is 8.94. The molecule has 0 unspecified atom stereocenters. The molecule has 3 aromatic rings. The molecule has 2 N–H and O–H groups in total. The number of pyridine rings is 1. The number of carbonyl (C=O) groups is 1. The molecule has 2 aromatic carbocycles. The van der Waals surface area contributed by atoms with Crippen LogP contribution in [0.15, 0.2) is 66.9 Å². The fourth-order valence-corrected chi connectivity index (χ4v) is 2.62. The zero-order valence-electron chi connectivity index (χ0n) is 15.5. The van der Waals surface area contributed by atoms with Gasteiger partial charge in [-0.05, 0) is 43.7 Å². The number of ether oxygens (including phenoxy) is 1. The number of benzene rings is 2. The maximum absolute atomic E-state index is 12.4. The standard InChI is InChI=1S/C22H23N3O2/c1-3-27-21-7-5-4-6-19(21)25-18-12-13-23-20(14-18)22(26)24-15-17-10-8-16(2)9-11-17/h4-14H,3,15H2,1-2H3,(H,23,25)(H,24,26). The molecular weight excluding hydrogens is 338 g/mol. The second-order valence-electron chi connectivity index (χ2n) is 6.15. The van der Waals surface area contributed by atoms with Gasteiger partial charge in [0.05, 0.1) is 12.3 Å². The van der Waals surface area contributed by atoms with Crippen molar-refractivity contribution in [2.75, 3.05) is 11.9 Å². The first kappa shape index (κ1) is 18.5. The highest BCUT2D eigenvalue weighted by Crippen LogP contribution is 2.27.